The van der Waals surface area contributed by atoms with E-state index in [0.717, 1.165) is 13.1 Å². The van der Waals surface area contributed by atoms with Gasteiger partial charge in [0.15, 0.2) is 0 Å². The van der Waals surface area contributed by atoms with Gasteiger partial charge in [-0.3, -0.25) is 4.90 Å². The minimum absolute atomic E-state index is 1.05. The van der Waals surface area contributed by atoms with Gasteiger partial charge < -0.3 is 0 Å². The summed E-state index contributed by atoms with van der Waals surface area (Å²) in [5, 5.41) is 0. The summed E-state index contributed by atoms with van der Waals surface area (Å²) in [5.74, 6) is 0. The maximum absolute atomic E-state index is 3.34. The number of hydrogen-bond donors (Lipinski definition) is 0. The van der Waals surface area contributed by atoms with Gasteiger partial charge in [0.25, 0.3) is 0 Å². The number of rotatable bonds is 7. The highest BCUT2D eigenvalue weighted by molar-refractivity contribution is 6.80. The van der Waals surface area contributed by atoms with Crippen LogP contribution in [-0.2, 0) is 0 Å². The van der Waals surface area contributed by atoms with Crippen LogP contribution in [0.25, 0.3) is 0 Å². The molecule has 0 unspecified atom stereocenters. The summed E-state index contributed by atoms with van der Waals surface area (Å²) in [6, 6.07) is 0. The molecule has 0 bridgehead atoms. The summed E-state index contributed by atoms with van der Waals surface area (Å²) in [7, 11) is -1.05. The van der Waals surface area contributed by atoms with E-state index in [1.807, 2.05) is 0 Å². The van der Waals surface area contributed by atoms with Crippen LogP contribution in [0.15, 0.2) is 17.5 Å². The summed E-state index contributed by atoms with van der Waals surface area (Å²) >= 11 is 0. The second kappa shape index (κ2) is 7.92. The van der Waals surface area contributed by atoms with E-state index in [9.17, 15) is 0 Å². The summed E-state index contributed by atoms with van der Waals surface area (Å²) in [5.41, 5.74) is 5.62. The SMILES string of the molecule is CCCCN(CC)CC=C=C[Si](C)(C)C. The Hall–Kier alpha value is -0.303. The van der Waals surface area contributed by atoms with Gasteiger partial charge in [0.05, 0.1) is 8.07 Å². The van der Waals surface area contributed by atoms with Crippen LogP contribution in [0.3, 0.4) is 0 Å². The average molecular weight is 225 g/mol. The molecule has 0 saturated carbocycles. The van der Waals surface area contributed by atoms with Crippen LogP contribution in [-0.4, -0.2) is 32.6 Å². The Balaban J connectivity index is 3.94. The second-order valence-electron chi connectivity index (χ2n) is 5.13. The Morgan fingerprint density at radius 2 is 1.87 bits per heavy atom. The first-order chi connectivity index (χ1) is 6.99. The van der Waals surface area contributed by atoms with E-state index in [2.05, 4.69) is 55.9 Å². The number of hydrogen-bond acceptors (Lipinski definition) is 1. The molecule has 0 aliphatic heterocycles. The zero-order valence-corrected chi connectivity index (χ0v) is 12.1. The van der Waals surface area contributed by atoms with Crippen molar-refractivity contribution in [3.05, 3.63) is 17.5 Å². The van der Waals surface area contributed by atoms with Crippen LogP contribution in [0, 0.1) is 0 Å². The van der Waals surface area contributed by atoms with Crippen LogP contribution < -0.4 is 0 Å². The topological polar surface area (TPSA) is 3.24 Å². The van der Waals surface area contributed by atoms with Crippen molar-refractivity contribution in [2.24, 2.45) is 0 Å². The first-order valence-corrected chi connectivity index (χ1v) is 9.71. The van der Waals surface area contributed by atoms with E-state index < -0.39 is 8.07 Å². The van der Waals surface area contributed by atoms with Crippen molar-refractivity contribution in [3.63, 3.8) is 0 Å². The largest absolute Gasteiger partial charge is 0.299 e. The van der Waals surface area contributed by atoms with Crippen molar-refractivity contribution in [3.8, 4) is 0 Å². The second-order valence-corrected chi connectivity index (χ2v) is 10.1. The van der Waals surface area contributed by atoms with E-state index in [1.54, 1.807) is 0 Å². The van der Waals surface area contributed by atoms with Crippen molar-refractivity contribution in [1.29, 1.82) is 0 Å². The predicted octanol–water partition coefficient (Wildman–Crippen LogP) is 3.70. The normalized spacial score (nSPS) is 11.3. The predicted molar refractivity (Wildman–Crippen MR) is 73.0 cm³/mol. The summed E-state index contributed by atoms with van der Waals surface area (Å²) < 4.78 is 0. The first kappa shape index (κ1) is 14.7. The van der Waals surface area contributed by atoms with Crippen LogP contribution in [0.5, 0.6) is 0 Å². The number of unbranched alkanes of at least 4 members (excludes halogenated alkanes) is 1. The van der Waals surface area contributed by atoms with Crippen molar-refractivity contribution in [1.82, 2.24) is 4.90 Å². The minimum Gasteiger partial charge on any atom is -0.299 e. The molecule has 0 aromatic heterocycles. The van der Waals surface area contributed by atoms with Crippen LogP contribution >= 0.6 is 0 Å². The molecular weight excluding hydrogens is 198 g/mol. The molecule has 0 amide bonds. The van der Waals surface area contributed by atoms with Crippen molar-refractivity contribution >= 4 is 8.07 Å². The Morgan fingerprint density at radius 3 is 2.33 bits per heavy atom. The molecule has 88 valence electrons. The maximum Gasteiger partial charge on any atom is 0.0781 e. The molecule has 0 saturated heterocycles. The van der Waals surface area contributed by atoms with Crippen molar-refractivity contribution < 1.29 is 0 Å². The third kappa shape index (κ3) is 9.99. The Bertz CT molecular complexity index is 209. The summed E-state index contributed by atoms with van der Waals surface area (Å²) in [6.45, 7) is 14.9. The van der Waals surface area contributed by atoms with Crippen molar-refractivity contribution in [2.45, 2.75) is 46.3 Å². The Kier molecular flexibility index (Phi) is 7.76. The standard InChI is InChI=1S/C13H27NSi/c1-6-8-11-14(7-2)12-9-10-13-15(3,4)5/h9,13H,6-8,11-12H2,1-5H3. The zero-order valence-electron chi connectivity index (χ0n) is 11.1. The van der Waals surface area contributed by atoms with Crippen molar-refractivity contribution in [2.75, 3.05) is 19.6 Å². The number of likely N-dealkylation sites (N-methyl/N-ethyl adjacent to an activating group) is 1. The Morgan fingerprint density at radius 1 is 1.20 bits per heavy atom. The highest BCUT2D eigenvalue weighted by Gasteiger charge is 2.05. The van der Waals surface area contributed by atoms with Crippen LogP contribution in [0.2, 0.25) is 19.6 Å². The molecule has 15 heavy (non-hydrogen) atoms. The molecule has 1 nitrogen and oxygen atoms in total. The lowest BCUT2D eigenvalue weighted by molar-refractivity contribution is 0.313. The molecule has 0 aliphatic carbocycles. The monoisotopic (exact) mass is 225 g/mol. The van der Waals surface area contributed by atoms with Gasteiger partial charge in [-0.05, 0) is 25.6 Å². The van der Waals surface area contributed by atoms with Gasteiger partial charge in [0.2, 0.25) is 0 Å². The van der Waals surface area contributed by atoms with E-state index in [4.69, 9.17) is 0 Å². The Labute approximate surface area is 96.9 Å². The lowest BCUT2D eigenvalue weighted by atomic mass is 10.3. The fourth-order valence-corrected chi connectivity index (χ4v) is 1.87. The molecule has 0 radical (unpaired) electrons. The van der Waals surface area contributed by atoms with Gasteiger partial charge in [0, 0.05) is 6.54 Å². The highest BCUT2D eigenvalue weighted by Crippen LogP contribution is 2.00. The van der Waals surface area contributed by atoms with E-state index in [1.165, 1.54) is 19.4 Å². The third-order valence-electron chi connectivity index (χ3n) is 2.26. The van der Waals surface area contributed by atoms with Gasteiger partial charge in [-0.15, -0.1) is 5.73 Å². The van der Waals surface area contributed by atoms with Gasteiger partial charge in [-0.2, -0.15) is 0 Å². The number of nitrogens with zero attached hydrogens (tertiary/aromatic N) is 1. The van der Waals surface area contributed by atoms with Gasteiger partial charge in [-0.1, -0.05) is 45.6 Å². The quantitative estimate of drug-likeness (QED) is 0.472. The van der Waals surface area contributed by atoms with E-state index >= 15 is 0 Å². The third-order valence-corrected chi connectivity index (χ3v) is 3.29. The zero-order chi connectivity index (χ0) is 11.7. The molecule has 0 aliphatic rings. The minimum atomic E-state index is -1.05. The average Bonchev–Trinajstić information content (AvgIpc) is 2.15. The highest BCUT2D eigenvalue weighted by atomic mass is 28.3. The summed E-state index contributed by atoms with van der Waals surface area (Å²) in [6.07, 6.45) is 4.77. The molecule has 0 N–H and O–H groups in total. The fraction of sp³-hybridized carbons (Fsp3) is 0.769. The maximum atomic E-state index is 3.34. The molecule has 0 spiro atoms. The van der Waals surface area contributed by atoms with Gasteiger partial charge in [-0.25, -0.2) is 0 Å². The molecule has 0 fully saturated rings. The molecule has 2 heteroatoms. The molecular formula is C13H27NSi. The van der Waals surface area contributed by atoms with Crippen LogP contribution in [0.4, 0.5) is 0 Å². The lowest BCUT2D eigenvalue weighted by Gasteiger charge is -2.17. The first-order valence-electron chi connectivity index (χ1n) is 6.14. The smallest absolute Gasteiger partial charge is 0.0781 e. The molecule has 0 rings (SSSR count). The lowest BCUT2D eigenvalue weighted by Crippen LogP contribution is -2.24. The molecule has 0 aromatic rings. The van der Waals surface area contributed by atoms with Gasteiger partial charge in [0.1, 0.15) is 0 Å². The summed E-state index contributed by atoms with van der Waals surface area (Å²) in [4.78, 5) is 2.47. The fourth-order valence-electron chi connectivity index (χ4n) is 1.25. The molecule has 0 aromatic carbocycles. The van der Waals surface area contributed by atoms with Gasteiger partial charge >= 0.3 is 0 Å². The van der Waals surface area contributed by atoms with Crippen LogP contribution in [0.1, 0.15) is 26.7 Å². The van der Waals surface area contributed by atoms with E-state index in [0.29, 0.717) is 0 Å². The molecule has 0 atom stereocenters. The van der Waals surface area contributed by atoms with E-state index in [-0.39, 0.29) is 0 Å². The molecule has 0 heterocycles.